The van der Waals surface area contributed by atoms with Gasteiger partial charge in [-0.2, -0.15) is 16.8 Å². The third kappa shape index (κ3) is 7.96. The summed E-state index contributed by atoms with van der Waals surface area (Å²) in [6, 6.07) is 0. The van der Waals surface area contributed by atoms with Crippen LogP contribution >= 0.6 is 0 Å². The Morgan fingerprint density at radius 2 is 1.75 bits per heavy atom. The lowest BCUT2D eigenvalue weighted by Gasteiger charge is -2.14. The molecule has 0 aliphatic rings. The molecule has 0 aromatic rings. The van der Waals surface area contributed by atoms with Crippen molar-refractivity contribution in [1.29, 1.82) is 0 Å². The van der Waals surface area contributed by atoms with Crippen molar-refractivity contribution in [3.05, 3.63) is 0 Å². The van der Waals surface area contributed by atoms with E-state index in [9.17, 15) is 16.8 Å². The van der Waals surface area contributed by atoms with E-state index in [1.165, 1.54) is 0 Å². The van der Waals surface area contributed by atoms with E-state index < -0.39 is 31.4 Å². The Balaban J connectivity index is 4.24. The van der Waals surface area contributed by atoms with Gasteiger partial charge in [0.15, 0.2) is 0 Å². The first-order valence-corrected chi connectivity index (χ1v) is 7.63. The summed E-state index contributed by atoms with van der Waals surface area (Å²) in [5.74, 6) is -0.552. The molecule has 0 heterocycles. The van der Waals surface area contributed by atoms with Crippen LogP contribution in [-0.4, -0.2) is 50.2 Å². The zero-order valence-electron chi connectivity index (χ0n) is 8.53. The number of hydrogen-bond acceptors (Lipinski definition) is 6. The summed E-state index contributed by atoms with van der Waals surface area (Å²) in [4.78, 5) is 0. The van der Waals surface area contributed by atoms with Crippen LogP contribution in [0.2, 0.25) is 0 Å². The molecule has 5 N–H and O–H groups in total. The van der Waals surface area contributed by atoms with Gasteiger partial charge in [0.05, 0.1) is 5.75 Å². The molecular weight excluding hydrogens is 260 g/mol. The van der Waals surface area contributed by atoms with Crippen molar-refractivity contribution in [3.8, 4) is 0 Å². The van der Waals surface area contributed by atoms with E-state index in [1.807, 2.05) is 0 Å². The predicted octanol–water partition coefficient (Wildman–Crippen LogP) is -1.58. The third-order valence-corrected chi connectivity index (χ3v) is 3.67. The Morgan fingerprint density at radius 1 is 1.19 bits per heavy atom. The molecule has 0 amide bonds. The van der Waals surface area contributed by atoms with Gasteiger partial charge in [0.2, 0.25) is 0 Å². The monoisotopic (exact) mass is 276 g/mol. The SMILES string of the molecule is NCCNC(CCCS(=O)(=O)O)S(=O)(=O)O. The molecule has 1 atom stereocenters. The maximum atomic E-state index is 10.8. The van der Waals surface area contributed by atoms with Gasteiger partial charge < -0.3 is 5.73 Å². The summed E-state index contributed by atoms with van der Waals surface area (Å²) in [6.45, 7) is 0.362. The van der Waals surface area contributed by atoms with Gasteiger partial charge in [0, 0.05) is 13.1 Å². The quantitative estimate of drug-likeness (QED) is 0.388. The van der Waals surface area contributed by atoms with E-state index >= 15 is 0 Å². The number of nitrogens with one attached hydrogen (secondary N) is 1. The second-order valence-corrected chi connectivity index (χ2v) is 6.35. The lowest BCUT2D eigenvalue weighted by molar-refractivity contribution is 0.437. The lowest BCUT2D eigenvalue weighted by atomic mass is 10.3. The Morgan fingerprint density at radius 3 is 2.12 bits per heavy atom. The van der Waals surface area contributed by atoms with Crippen molar-refractivity contribution in [3.63, 3.8) is 0 Å². The number of hydrogen-bond donors (Lipinski definition) is 4. The summed E-state index contributed by atoms with van der Waals surface area (Å²) in [5, 5.41) is 1.19. The second-order valence-electron chi connectivity index (χ2n) is 3.17. The van der Waals surface area contributed by atoms with E-state index in [-0.39, 0.29) is 25.9 Å². The van der Waals surface area contributed by atoms with Crippen molar-refractivity contribution >= 4 is 20.2 Å². The van der Waals surface area contributed by atoms with Crippen molar-refractivity contribution in [2.24, 2.45) is 5.73 Å². The fourth-order valence-electron chi connectivity index (χ4n) is 1.05. The van der Waals surface area contributed by atoms with Crippen LogP contribution < -0.4 is 11.1 Å². The van der Waals surface area contributed by atoms with Crippen LogP contribution in [0.3, 0.4) is 0 Å². The van der Waals surface area contributed by atoms with Gasteiger partial charge in [-0.3, -0.25) is 14.4 Å². The first kappa shape index (κ1) is 15.7. The van der Waals surface area contributed by atoms with Crippen molar-refractivity contribution in [2.75, 3.05) is 18.8 Å². The van der Waals surface area contributed by atoms with E-state index in [1.54, 1.807) is 0 Å². The topological polar surface area (TPSA) is 147 Å². The summed E-state index contributed by atoms with van der Waals surface area (Å²) in [7, 11) is -8.41. The maximum Gasteiger partial charge on any atom is 0.281 e. The third-order valence-electron chi connectivity index (χ3n) is 1.74. The van der Waals surface area contributed by atoms with Crippen LogP contribution in [0.25, 0.3) is 0 Å². The first-order valence-electron chi connectivity index (χ1n) is 4.51. The van der Waals surface area contributed by atoms with E-state index in [0.29, 0.717) is 0 Å². The molecule has 0 aliphatic carbocycles. The molecule has 0 rings (SSSR count). The minimum atomic E-state index is -4.30. The molecular formula is C6H16N2O6S2. The van der Waals surface area contributed by atoms with E-state index in [2.05, 4.69) is 5.32 Å². The fraction of sp³-hybridized carbons (Fsp3) is 1.00. The highest BCUT2D eigenvalue weighted by molar-refractivity contribution is 7.86. The number of nitrogens with two attached hydrogens (primary N) is 1. The summed E-state index contributed by atoms with van der Waals surface area (Å²) >= 11 is 0. The molecule has 0 saturated carbocycles. The number of rotatable bonds is 8. The van der Waals surface area contributed by atoms with Crippen LogP contribution in [-0.2, 0) is 20.2 Å². The van der Waals surface area contributed by atoms with Gasteiger partial charge >= 0.3 is 0 Å². The standard InChI is InChI=1S/C6H16N2O6S2/c7-3-4-8-6(16(12,13)14)2-1-5-15(9,10)11/h6,8H,1-5,7H2,(H,9,10,11)(H,12,13,14). The molecule has 98 valence electrons. The largest absolute Gasteiger partial charge is 0.329 e. The maximum absolute atomic E-state index is 10.8. The van der Waals surface area contributed by atoms with Crippen LogP contribution in [0.5, 0.6) is 0 Å². The molecule has 16 heavy (non-hydrogen) atoms. The Labute approximate surface area is 94.7 Å². The molecule has 1 unspecified atom stereocenters. The second kappa shape index (κ2) is 6.47. The van der Waals surface area contributed by atoms with Gasteiger partial charge in [-0.25, -0.2) is 0 Å². The molecule has 8 nitrogen and oxygen atoms in total. The van der Waals surface area contributed by atoms with Gasteiger partial charge in [-0.05, 0) is 12.8 Å². The minimum Gasteiger partial charge on any atom is -0.329 e. The van der Waals surface area contributed by atoms with Gasteiger partial charge in [0.25, 0.3) is 20.2 Å². The molecule has 0 bridgehead atoms. The zero-order valence-corrected chi connectivity index (χ0v) is 10.2. The first-order chi connectivity index (χ1) is 7.17. The summed E-state index contributed by atoms with van der Waals surface area (Å²) < 4.78 is 59.6. The average molecular weight is 276 g/mol. The van der Waals surface area contributed by atoms with Crippen LogP contribution in [0.15, 0.2) is 0 Å². The zero-order chi connectivity index (χ0) is 12.8. The smallest absolute Gasteiger partial charge is 0.281 e. The Hall–Kier alpha value is -0.260. The van der Waals surface area contributed by atoms with Crippen molar-refractivity contribution in [2.45, 2.75) is 18.2 Å². The lowest BCUT2D eigenvalue weighted by Crippen LogP contribution is -2.39. The van der Waals surface area contributed by atoms with Crippen LogP contribution in [0, 0.1) is 0 Å². The molecule has 0 fully saturated rings. The summed E-state index contributed by atoms with van der Waals surface area (Å²) in [6.07, 6.45) is -0.209. The molecule has 0 aromatic heterocycles. The van der Waals surface area contributed by atoms with Crippen LogP contribution in [0.1, 0.15) is 12.8 Å². The molecule has 10 heteroatoms. The van der Waals surface area contributed by atoms with Crippen LogP contribution in [0.4, 0.5) is 0 Å². The average Bonchev–Trinajstić information content (AvgIpc) is 2.06. The molecule has 0 spiro atoms. The molecule has 0 saturated heterocycles. The van der Waals surface area contributed by atoms with E-state index in [4.69, 9.17) is 14.8 Å². The normalized spacial score (nSPS) is 14.9. The molecule has 0 radical (unpaired) electrons. The fourth-order valence-corrected chi connectivity index (χ4v) is 2.38. The summed E-state index contributed by atoms with van der Waals surface area (Å²) in [5.41, 5.74) is 5.14. The minimum absolute atomic E-state index is 0.0825. The predicted molar refractivity (Wildman–Crippen MR) is 58.0 cm³/mol. The van der Waals surface area contributed by atoms with Gasteiger partial charge in [-0.1, -0.05) is 0 Å². The highest BCUT2D eigenvalue weighted by atomic mass is 32.2. The van der Waals surface area contributed by atoms with Crippen molar-refractivity contribution < 1.29 is 25.9 Å². The highest BCUT2D eigenvalue weighted by Crippen LogP contribution is 2.05. The van der Waals surface area contributed by atoms with Gasteiger partial charge in [-0.15, -0.1) is 0 Å². The highest BCUT2D eigenvalue weighted by Gasteiger charge is 2.22. The van der Waals surface area contributed by atoms with E-state index in [0.717, 1.165) is 0 Å². The Kier molecular flexibility index (Phi) is 6.36. The van der Waals surface area contributed by atoms with Crippen molar-refractivity contribution in [1.82, 2.24) is 5.32 Å². The Bertz CT molecular complexity index is 389. The van der Waals surface area contributed by atoms with Gasteiger partial charge in [0.1, 0.15) is 5.37 Å². The molecule has 0 aromatic carbocycles. The molecule has 0 aliphatic heterocycles.